The number of hydrogen-bond donors (Lipinski definition) is 1. The maximum absolute atomic E-state index is 11.1. The molecule has 2 aromatic rings. The molecule has 100 valence electrons. The number of rotatable bonds is 4. The first-order valence-electron chi connectivity index (χ1n) is 6.55. The number of aldehydes is 1. The lowest BCUT2D eigenvalue weighted by molar-refractivity contribution is -0.109. The van der Waals surface area contributed by atoms with Gasteiger partial charge in [0.05, 0.1) is 0 Å². The Morgan fingerprint density at radius 3 is 2.80 bits per heavy atom. The van der Waals surface area contributed by atoms with E-state index in [1.807, 2.05) is 18.3 Å². The molecule has 0 saturated heterocycles. The fourth-order valence-electron chi connectivity index (χ4n) is 2.25. The van der Waals surface area contributed by atoms with E-state index >= 15 is 0 Å². The predicted octanol–water partition coefficient (Wildman–Crippen LogP) is 3.79. The van der Waals surface area contributed by atoms with Gasteiger partial charge in [-0.2, -0.15) is 0 Å². The maximum atomic E-state index is 11.1. The SMILES string of the molecule is O=CC1NC=Cc2ccc(SCc3ccccc3)cc21. The third-order valence-corrected chi connectivity index (χ3v) is 4.38. The minimum atomic E-state index is -0.229. The third-order valence-electron chi connectivity index (χ3n) is 3.32. The second kappa shape index (κ2) is 5.97. The van der Waals surface area contributed by atoms with Gasteiger partial charge < -0.3 is 10.1 Å². The van der Waals surface area contributed by atoms with Crippen LogP contribution in [0.5, 0.6) is 0 Å². The summed E-state index contributed by atoms with van der Waals surface area (Å²) in [7, 11) is 0. The molecule has 1 atom stereocenters. The molecule has 1 aliphatic heterocycles. The van der Waals surface area contributed by atoms with Gasteiger partial charge in [0.15, 0.2) is 0 Å². The Bertz CT molecular complexity index is 637. The Kier molecular flexibility index (Phi) is 3.88. The topological polar surface area (TPSA) is 29.1 Å². The summed E-state index contributed by atoms with van der Waals surface area (Å²) in [6, 6.07) is 16.5. The molecule has 2 nitrogen and oxygen atoms in total. The van der Waals surface area contributed by atoms with Crippen LogP contribution in [-0.4, -0.2) is 6.29 Å². The lowest BCUT2D eigenvalue weighted by atomic mass is 9.99. The fourth-order valence-corrected chi connectivity index (χ4v) is 3.15. The van der Waals surface area contributed by atoms with Gasteiger partial charge in [0, 0.05) is 10.6 Å². The summed E-state index contributed by atoms with van der Waals surface area (Å²) in [5.41, 5.74) is 3.48. The molecular formula is C17H15NOS. The monoisotopic (exact) mass is 281 g/mol. The molecule has 20 heavy (non-hydrogen) atoms. The van der Waals surface area contributed by atoms with Gasteiger partial charge in [0.25, 0.3) is 0 Å². The molecule has 0 saturated carbocycles. The summed E-state index contributed by atoms with van der Waals surface area (Å²) >= 11 is 1.79. The number of thioether (sulfide) groups is 1. The van der Waals surface area contributed by atoms with E-state index in [9.17, 15) is 4.79 Å². The molecule has 1 N–H and O–H groups in total. The summed E-state index contributed by atoms with van der Waals surface area (Å²) in [4.78, 5) is 12.3. The molecule has 0 fully saturated rings. The Morgan fingerprint density at radius 2 is 2.00 bits per heavy atom. The molecular weight excluding hydrogens is 266 g/mol. The molecule has 0 spiro atoms. The van der Waals surface area contributed by atoms with Crippen molar-refractivity contribution < 1.29 is 4.79 Å². The molecule has 0 bridgehead atoms. The van der Waals surface area contributed by atoms with E-state index < -0.39 is 0 Å². The van der Waals surface area contributed by atoms with Gasteiger partial charge in [-0.1, -0.05) is 36.4 Å². The van der Waals surface area contributed by atoms with Crippen molar-refractivity contribution in [3.05, 3.63) is 71.4 Å². The van der Waals surface area contributed by atoms with Crippen molar-refractivity contribution in [2.75, 3.05) is 0 Å². The Labute approximate surface area is 122 Å². The highest BCUT2D eigenvalue weighted by molar-refractivity contribution is 7.98. The Balaban J connectivity index is 1.78. The Morgan fingerprint density at radius 1 is 1.15 bits per heavy atom. The van der Waals surface area contributed by atoms with E-state index in [0.29, 0.717) is 0 Å². The van der Waals surface area contributed by atoms with E-state index in [1.165, 1.54) is 10.5 Å². The van der Waals surface area contributed by atoms with Gasteiger partial charge in [0.2, 0.25) is 0 Å². The van der Waals surface area contributed by atoms with Crippen molar-refractivity contribution in [1.29, 1.82) is 0 Å². The van der Waals surface area contributed by atoms with Crippen LogP contribution >= 0.6 is 11.8 Å². The van der Waals surface area contributed by atoms with Crippen molar-refractivity contribution in [2.45, 2.75) is 16.7 Å². The zero-order chi connectivity index (χ0) is 13.8. The second-order valence-corrected chi connectivity index (χ2v) is 5.73. The molecule has 3 heteroatoms. The predicted molar refractivity (Wildman–Crippen MR) is 83.4 cm³/mol. The van der Waals surface area contributed by atoms with Gasteiger partial charge in [-0.05, 0) is 41.1 Å². The number of hydrogen-bond acceptors (Lipinski definition) is 3. The lowest BCUT2D eigenvalue weighted by Crippen LogP contribution is -2.20. The molecule has 0 aliphatic carbocycles. The smallest absolute Gasteiger partial charge is 0.146 e. The first kappa shape index (κ1) is 13.0. The van der Waals surface area contributed by atoms with Crippen molar-refractivity contribution in [1.82, 2.24) is 5.32 Å². The first-order valence-corrected chi connectivity index (χ1v) is 7.54. The zero-order valence-electron chi connectivity index (χ0n) is 11.0. The van der Waals surface area contributed by atoms with E-state index in [1.54, 1.807) is 11.8 Å². The largest absolute Gasteiger partial charge is 0.378 e. The van der Waals surface area contributed by atoms with Crippen LogP contribution < -0.4 is 5.32 Å². The minimum absolute atomic E-state index is 0.229. The van der Waals surface area contributed by atoms with Crippen LogP contribution in [0.4, 0.5) is 0 Å². The maximum Gasteiger partial charge on any atom is 0.146 e. The second-order valence-electron chi connectivity index (χ2n) is 4.68. The highest BCUT2D eigenvalue weighted by Crippen LogP contribution is 2.29. The molecule has 1 heterocycles. The highest BCUT2D eigenvalue weighted by atomic mass is 32.2. The van der Waals surface area contributed by atoms with Gasteiger partial charge in [-0.15, -0.1) is 11.8 Å². The van der Waals surface area contributed by atoms with Crippen LogP contribution in [0.2, 0.25) is 0 Å². The number of benzene rings is 2. The molecule has 0 amide bonds. The third kappa shape index (κ3) is 2.78. The first-order chi connectivity index (χ1) is 9.86. The van der Waals surface area contributed by atoms with Gasteiger partial charge in [-0.3, -0.25) is 0 Å². The number of nitrogens with one attached hydrogen (secondary N) is 1. The number of fused-ring (bicyclic) bond motifs is 1. The highest BCUT2D eigenvalue weighted by Gasteiger charge is 2.15. The summed E-state index contributed by atoms with van der Waals surface area (Å²) in [6.07, 6.45) is 4.78. The normalized spacial score (nSPS) is 16.3. The standard InChI is InChI=1S/C17H15NOS/c19-11-17-16-10-15(7-6-14(16)8-9-18-17)20-12-13-4-2-1-3-5-13/h1-11,17-18H,12H2. The van der Waals surface area contributed by atoms with E-state index in [4.69, 9.17) is 0 Å². The average molecular weight is 281 g/mol. The van der Waals surface area contributed by atoms with E-state index in [-0.39, 0.29) is 6.04 Å². The van der Waals surface area contributed by atoms with Gasteiger partial charge in [-0.25, -0.2) is 0 Å². The molecule has 1 aliphatic rings. The molecule has 3 rings (SSSR count). The van der Waals surface area contributed by atoms with Crippen molar-refractivity contribution in [3.8, 4) is 0 Å². The van der Waals surface area contributed by atoms with Crippen LogP contribution in [0.3, 0.4) is 0 Å². The summed E-state index contributed by atoms with van der Waals surface area (Å²) < 4.78 is 0. The van der Waals surface area contributed by atoms with Crippen LogP contribution in [-0.2, 0) is 10.5 Å². The molecule has 0 radical (unpaired) electrons. The van der Waals surface area contributed by atoms with E-state index in [2.05, 4.69) is 47.8 Å². The number of carbonyl (C=O) groups excluding carboxylic acids is 1. The molecule has 0 aromatic heterocycles. The molecule has 1 unspecified atom stereocenters. The van der Waals surface area contributed by atoms with Gasteiger partial charge >= 0.3 is 0 Å². The van der Waals surface area contributed by atoms with Crippen LogP contribution in [0.1, 0.15) is 22.7 Å². The lowest BCUT2D eigenvalue weighted by Gasteiger charge is -2.19. The summed E-state index contributed by atoms with van der Waals surface area (Å²) in [5, 5.41) is 3.07. The van der Waals surface area contributed by atoms with Crippen LogP contribution in [0.15, 0.2) is 59.6 Å². The summed E-state index contributed by atoms with van der Waals surface area (Å²) in [6.45, 7) is 0. The zero-order valence-corrected chi connectivity index (χ0v) is 11.8. The summed E-state index contributed by atoms with van der Waals surface area (Å²) in [5.74, 6) is 0.939. The quantitative estimate of drug-likeness (QED) is 0.683. The molecule has 2 aromatic carbocycles. The number of carbonyl (C=O) groups is 1. The van der Waals surface area contributed by atoms with Crippen LogP contribution in [0.25, 0.3) is 6.08 Å². The van der Waals surface area contributed by atoms with Crippen molar-refractivity contribution >= 4 is 24.1 Å². The average Bonchev–Trinajstić information content (AvgIpc) is 2.53. The van der Waals surface area contributed by atoms with E-state index in [0.717, 1.165) is 23.2 Å². The Hall–Kier alpha value is -2.00. The van der Waals surface area contributed by atoms with Gasteiger partial charge in [0.1, 0.15) is 12.3 Å². The van der Waals surface area contributed by atoms with Crippen molar-refractivity contribution in [2.24, 2.45) is 0 Å². The minimum Gasteiger partial charge on any atom is -0.378 e. The van der Waals surface area contributed by atoms with Crippen LogP contribution in [0, 0.1) is 0 Å². The van der Waals surface area contributed by atoms with Crippen molar-refractivity contribution in [3.63, 3.8) is 0 Å². The fraction of sp³-hybridized carbons (Fsp3) is 0.118.